The molecule has 0 saturated carbocycles. The van der Waals surface area contributed by atoms with Gasteiger partial charge in [0, 0.05) is 17.9 Å². The van der Waals surface area contributed by atoms with Gasteiger partial charge in [-0.25, -0.2) is 9.37 Å². The van der Waals surface area contributed by atoms with Crippen LogP contribution in [0, 0.1) is 12.7 Å². The summed E-state index contributed by atoms with van der Waals surface area (Å²) in [6.07, 6.45) is 1.55. The van der Waals surface area contributed by atoms with Crippen molar-refractivity contribution in [2.24, 2.45) is 0 Å². The van der Waals surface area contributed by atoms with Crippen LogP contribution in [0.2, 0.25) is 0 Å². The van der Waals surface area contributed by atoms with E-state index in [1.165, 1.54) is 28.6 Å². The van der Waals surface area contributed by atoms with Gasteiger partial charge in [-0.3, -0.25) is 19.3 Å². The summed E-state index contributed by atoms with van der Waals surface area (Å²) >= 11 is 1.43. The van der Waals surface area contributed by atoms with Crippen LogP contribution in [0.3, 0.4) is 0 Å². The van der Waals surface area contributed by atoms with Crippen molar-refractivity contribution in [2.45, 2.75) is 24.5 Å². The molecule has 1 amide bonds. The standard InChI is InChI=1S/C16H14FN5O2S/c1-8-2-3-9(4-12(8)17)19-13(23)5-10-7-25-16-20-14-11(6-18-21-14)15(24)22(10)16/h2-4,6,10H,5,7H2,1H3,(H,18,21)(H,19,23). The number of halogens is 1. The second-order valence-electron chi connectivity index (χ2n) is 5.88. The van der Waals surface area contributed by atoms with Gasteiger partial charge in [-0.15, -0.1) is 0 Å². The lowest BCUT2D eigenvalue weighted by atomic mass is 10.2. The number of H-pyrrole nitrogens is 1. The van der Waals surface area contributed by atoms with Gasteiger partial charge in [0.25, 0.3) is 5.56 Å². The average molecular weight is 359 g/mol. The fourth-order valence-electron chi connectivity index (χ4n) is 2.80. The number of carbonyl (C=O) groups excluding carboxylic acids is 1. The molecule has 1 aliphatic rings. The summed E-state index contributed by atoms with van der Waals surface area (Å²) in [7, 11) is 0. The highest BCUT2D eigenvalue weighted by molar-refractivity contribution is 7.99. The second-order valence-corrected chi connectivity index (χ2v) is 6.87. The zero-order valence-electron chi connectivity index (χ0n) is 13.2. The second kappa shape index (κ2) is 5.99. The van der Waals surface area contributed by atoms with E-state index in [9.17, 15) is 14.0 Å². The number of aryl methyl sites for hydroxylation is 1. The number of aromatic nitrogens is 4. The van der Waals surface area contributed by atoms with Gasteiger partial charge in [0.15, 0.2) is 10.8 Å². The zero-order chi connectivity index (χ0) is 17.6. The molecule has 9 heteroatoms. The molecule has 2 N–H and O–H groups in total. The van der Waals surface area contributed by atoms with Gasteiger partial charge in [0.2, 0.25) is 5.91 Å². The first-order chi connectivity index (χ1) is 12.0. The van der Waals surface area contributed by atoms with Gasteiger partial charge in [0.05, 0.1) is 12.2 Å². The Morgan fingerprint density at radius 3 is 3.16 bits per heavy atom. The number of aromatic amines is 1. The van der Waals surface area contributed by atoms with E-state index < -0.39 is 0 Å². The van der Waals surface area contributed by atoms with E-state index in [4.69, 9.17) is 0 Å². The van der Waals surface area contributed by atoms with Crippen LogP contribution in [0.5, 0.6) is 0 Å². The predicted octanol–water partition coefficient (Wildman–Crippen LogP) is 2.24. The van der Waals surface area contributed by atoms with Gasteiger partial charge in [0.1, 0.15) is 11.2 Å². The number of amides is 1. The van der Waals surface area contributed by atoms with Gasteiger partial charge in [-0.2, -0.15) is 5.10 Å². The minimum Gasteiger partial charge on any atom is -0.326 e. The summed E-state index contributed by atoms with van der Waals surface area (Å²) in [4.78, 5) is 29.3. The van der Waals surface area contributed by atoms with Crippen LogP contribution in [0.25, 0.3) is 11.0 Å². The molecule has 0 radical (unpaired) electrons. The summed E-state index contributed by atoms with van der Waals surface area (Å²) in [6, 6.07) is 4.24. The fraction of sp³-hybridized carbons (Fsp3) is 0.250. The summed E-state index contributed by atoms with van der Waals surface area (Å²) in [5.74, 6) is -0.0685. The van der Waals surface area contributed by atoms with Crippen LogP contribution >= 0.6 is 11.8 Å². The summed E-state index contributed by atoms with van der Waals surface area (Å²) in [6.45, 7) is 1.66. The van der Waals surface area contributed by atoms with Crippen LogP contribution in [0.15, 0.2) is 34.3 Å². The number of nitrogens with one attached hydrogen (secondary N) is 2. The number of carbonyl (C=O) groups is 1. The molecule has 7 nitrogen and oxygen atoms in total. The van der Waals surface area contributed by atoms with E-state index in [0.29, 0.717) is 33.2 Å². The van der Waals surface area contributed by atoms with E-state index in [1.54, 1.807) is 19.1 Å². The predicted molar refractivity (Wildman–Crippen MR) is 92.3 cm³/mol. The van der Waals surface area contributed by atoms with E-state index in [1.807, 2.05) is 0 Å². The number of benzene rings is 1. The molecule has 0 fully saturated rings. The maximum atomic E-state index is 13.6. The maximum Gasteiger partial charge on any atom is 0.265 e. The molecular weight excluding hydrogens is 345 g/mol. The molecule has 4 rings (SSSR count). The number of fused-ring (bicyclic) bond motifs is 2. The highest BCUT2D eigenvalue weighted by Gasteiger charge is 2.28. The Morgan fingerprint density at radius 2 is 2.36 bits per heavy atom. The number of thioether (sulfide) groups is 1. The molecule has 0 bridgehead atoms. The Kier molecular flexibility index (Phi) is 3.79. The van der Waals surface area contributed by atoms with Gasteiger partial charge >= 0.3 is 0 Å². The maximum absolute atomic E-state index is 13.6. The third-order valence-corrected chi connectivity index (χ3v) is 5.23. The SMILES string of the molecule is Cc1ccc(NC(=O)CC2CSc3nc4[nH]ncc4c(=O)n32)cc1F. The van der Waals surface area contributed by atoms with Crippen molar-refractivity contribution in [2.75, 3.05) is 11.1 Å². The molecular formula is C16H14FN5O2S. The highest BCUT2D eigenvalue weighted by Crippen LogP contribution is 2.33. The number of hydrogen-bond donors (Lipinski definition) is 2. The topological polar surface area (TPSA) is 92.7 Å². The van der Waals surface area contributed by atoms with Crippen molar-refractivity contribution in [3.63, 3.8) is 0 Å². The Balaban J connectivity index is 1.56. The molecule has 1 unspecified atom stereocenters. The molecule has 0 aliphatic carbocycles. The first-order valence-electron chi connectivity index (χ1n) is 7.67. The lowest BCUT2D eigenvalue weighted by Gasteiger charge is -2.13. The van der Waals surface area contributed by atoms with Crippen molar-refractivity contribution in [3.8, 4) is 0 Å². The van der Waals surface area contributed by atoms with Crippen molar-refractivity contribution in [1.82, 2.24) is 19.7 Å². The molecule has 1 aliphatic heterocycles. The van der Waals surface area contributed by atoms with Crippen LogP contribution in [-0.2, 0) is 4.79 Å². The van der Waals surface area contributed by atoms with E-state index >= 15 is 0 Å². The molecule has 0 saturated heterocycles. The molecule has 0 spiro atoms. The monoisotopic (exact) mass is 359 g/mol. The quantitative estimate of drug-likeness (QED) is 0.700. The third kappa shape index (κ3) is 2.80. The molecule has 1 atom stereocenters. The Labute approximate surface area is 145 Å². The summed E-state index contributed by atoms with van der Waals surface area (Å²) in [5.41, 5.74) is 1.15. The highest BCUT2D eigenvalue weighted by atomic mass is 32.2. The smallest absolute Gasteiger partial charge is 0.265 e. The summed E-state index contributed by atoms with van der Waals surface area (Å²) < 4.78 is 15.1. The molecule has 1 aromatic carbocycles. The van der Waals surface area contributed by atoms with Crippen molar-refractivity contribution in [1.29, 1.82) is 0 Å². The third-order valence-electron chi connectivity index (χ3n) is 4.13. The summed E-state index contributed by atoms with van der Waals surface area (Å²) in [5, 5.41) is 10.2. The zero-order valence-corrected chi connectivity index (χ0v) is 14.1. The fourth-order valence-corrected chi connectivity index (χ4v) is 3.94. The number of hydrogen-bond acceptors (Lipinski definition) is 5. The van der Waals surface area contributed by atoms with Crippen molar-refractivity contribution in [3.05, 3.63) is 46.1 Å². The van der Waals surface area contributed by atoms with Crippen LogP contribution in [0.1, 0.15) is 18.0 Å². The van der Waals surface area contributed by atoms with E-state index in [-0.39, 0.29) is 29.7 Å². The lowest BCUT2D eigenvalue weighted by molar-refractivity contribution is -0.116. The Morgan fingerprint density at radius 1 is 1.52 bits per heavy atom. The van der Waals surface area contributed by atoms with Crippen molar-refractivity contribution >= 4 is 34.4 Å². The largest absolute Gasteiger partial charge is 0.326 e. The van der Waals surface area contributed by atoms with Crippen LogP contribution in [-0.4, -0.2) is 31.4 Å². The normalized spacial score (nSPS) is 16.2. The van der Waals surface area contributed by atoms with E-state index in [2.05, 4.69) is 20.5 Å². The average Bonchev–Trinajstić information content (AvgIpc) is 3.19. The minimum atomic E-state index is -0.373. The van der Waals surface area contributed by atoms with E-state index in [0.717, 1.165) is 0 Å². The van der Waals surface area contributed by atoms with Gasteiger partial charge in [-0.1, -0.05) is 17.8 Å². The Hall–Kier alpha value is -2.68. The van der Waals surface area contributed by atoms with Gasteiger partial charge in [-0.05, 0) is 24.6 Å². The first kappa shape index (κ1) is 15.8. The number of anilines is 1. The first-order valence-corrected chi connectivity index (χ1v) is 8.66. The van der Waals surface area contributed by atoms with Crippen LogP contribution in [0.4, 0.5) is 10.1 Å². The molecule has 25 heavy (non-hydrogen) atoms. The van der Waals surface area contributed by atoms with Crippen molar-refractivity contribution < 1.29 is 9.18 Å². The molecule has 2 aromatic heterocycles. The molecule has 3 aromatic rings. The minimum absolute atomic E-state index is 0.112. The Bertz CT molecular complexity index is 1040. The number of nitrogens with zero attached hydrogens (tertiary/aromatic N) is 3. The molecule has 3 heterocycles. The lowest BCUT2D eigenvalue weighted by Crippen LogP contribution is -2.27. The van der Waals surface area contributed by atoms with Crippen LogP contribution < -0.4 is 10.9 Å². The number of rotatable bonds is 3. The molecule has 128 valence electrons. The van der Waals surface area contributed by atoms with Gasteiger partial charge < -0.3 is 5.32 Å².